The molecule has 2 N–H and O–H groups in total. The van der Waals surface area contributed by atoms with Gasteiger partial charge in [0.25, 0.3) is 0 Å². The number of halogens is 2. The van der Waals surface area contributed by atoms with Crippen molar-refractivity contribution >= 4 is 39.2 Å². The van der Waals surface area contributed by atoms with Crippen LogP contribution in [0.25, 0.3) is 0 Å². The maximum atomic E-state index is 6.08. The van der Waals surface area contributed by atoms with E-state index in [-0.39, 0.29) is 6.04 Å². The lowest BCUT2D eigenvalue weighted by atomic mass is 10.3. The summed E-state index contributed by atoms with van der Waals surface area (Å²) in [5.41, 5.74) is 0.711. The summed E-state index contributed by atoms with van der Waals surface area (Å²) >= 11 is 9.46. The second-order valence-electron chi connectivity index (χ2n) is 3.97. The van der Waals surface area contributed by atoms with Crippen LogP contribution in [-0.4, -0.2) is 16.7 Å². The molecule has 0 saturated heterocycles. The molecule has 2 aromatic rings. The van der Waals surface area contributed by atoms with Gasteiger partial charge in [0.1, 0.15) is 0 Å². The van der Waals surface area contributed by atoms with Crippen molar-refractivity contribution in [2.75, 3.05) is 11.9 Å². The van der Waals surface area contributed by atoms with E-state index in [0.717, 1.165) is 11.0 Å². The minimum atomic E-state index is 0.0195. The molecule has 0 bridgehead atoms. The quantitative estimate of drug-likeness (QED) is 0.860. The molecule has 0 spiro atoms. The first-order chi connectivity index (χ1) is 9.10. The summed E-state index contributed by atoms with van der Waals surface area (Å²) < 4.78 is 6.44. The van der Waals surface area contributed by atoms with Gasteiger partial charge in [-0.1, -0.05) is 39.6 Å². The van der Waals surface area contributed by atoms with Crippen molar-refractivity contribution in [2.45, 2.75) is 19.9 Å². The van der Waals surface area contributed by atoms with Crippen LogP contribution in [0.3, 0.4) is 0 Å². The first-order valence-corrected chi connectivity index (χ1v) is 7.06. The Morgan fingerprint density at radius 1 is 1.42 bits per heavy atom. The standard InChI is InChI=1S/C12H14BrClN4O/c1-3-15-7(2)11-17-18-12(19-11)16-10-6-8(13)4-5-9(10)14/h4-7,15H,3H2,1-2H3,(H,16,18). The maximum absolute atomic E-state index is 6.08. The van der Waals surface area contributed by atoms with Gasteiger partial charge in [-0.15, -0.1) is 5.10 Å². The van der Waals surface area contributed by atoms with Crippen LogP contribution in [0.1, 0.15) is 25.8 Å². The zero-order chi connectivity index (χ0) is 13.8. The molecule has 0 fully saturated rings. The molecule has 1 unspecified atom stereocenters. The highest BCUT2D eigenvalue weighted by molar-refractivity contribution is 9.10. The number of nitrogens with one attached hydrogen (secondary N) is 2. The summed E-state index contributed by atoms with van der Waals surface area (Å²) in [4.78, 5) is 0. The number of benzene rings is 1. The van der Waals surface area contributed by atoms with E-state index in [2.05, 4.69) is 36.8 Å². The van der Waals surface area contributed by atoms with Gasteiger partial charge in [0, 0.05) is 4.47 Å². The van der Waals surface area contributed by atoms with Crippen molar-refractivity contribution in [3.05, 3.63) is 33.6 Å². The topological polar surface area (TPSA) is 63.0 Å². The van der Waals surface area contributed by atoms with Crippen molar-refractivity contribution < 1.29 is 4.42 Å². The van der Waals surface area contributed by atoms with Crippen molar-refractivity contribution in [2.24, 2.45) is 0 Å². The average molecular weight is 346 g/mol. The van der Waals surface area contributed by atoms with Crippen LogP contribution in [0.2, 0.25) is 5.02 Å². The van der Waals surface area contributed by atoms with Crippen LogP contribution in [0.15, 0.2) is 27.1 Å². The monoisotopic (exact) mass is 344 g/mol. The third-order valence-electron chi connectivity index (χ3n) is 2.49. The van der Waals surface area contributed by atoms with Gasteiger partial charge in [0.15, 0.2) is 0 Å². The van der Waals surface area contributed by atoms with Gasteiger partial charge in [-0.3, -0.25) is 0 Å². The van der Waals surface area contributed by atoms with Crippen LogP contribution < -0.4 is 10.6 Å². The van der Waals surface area contributed by atoms with E-state index in [1.54, 1.807) is 6.07 Å². The van der Waals surface area contributed by atoms with Crippen molar-refractivity contribution in [3.8, 4) is 0 Å². The van der Waals surface area contributed by atoms with E-state index >= 15 is 0 Å². The summed E-state index contributed by atoms with van der Waals surface area (Å²) in [5.74, 6) is 0.537. The van der Waals surface area contributed by atoms with Crippen molar-refractivity contribution in [3.63, 3.8) is 0 Å². The predicted molar refractivity (Wildman–Crippen MR) is 78.8 cm³/mol. The summed E-state index contributed by atoms with van der Waals surface area (Å²) in [5, 5.41) is 14.7. The highest BCUT2D eigenvalue weighted by Gasteiger charge is 2.13. The number of anilines is 2. The van der Waals surface area contributed by atoms with Crippen molar-refractivity contribution in [1.29, 1.82) is 0 Å². The van der Waals surface area contributed by atoms with Crippen LogP contribution >= 0.6 is 27.5 Å². The summed E-state index contributed by atoms with van der Waals surface area (Å²) in [6.07, 6.45) is 0. The van der Waals surface area contributed by atoms with Gasteiger partial charge in [0.2, 0.25) is 5.89 Å². The van der Waals surface area contributed by atoms with Crippen LogP contribution in [0.5, 0.6) is 0 Å². The largest absolute Gasteiger partial charge is 0.406 e. The Morgan fingerprint density at radius 3 is 2.95 bits per heavy atom. The van der Waals surface area contributed by atoms with Crippen LogP contribution in [-0.2, 0) is 0 Å². The van der Waals surface area contributed by atoms with Gasteiger partial charge >= 0.3 is 6.01 Å². The van der Waals surface area contributed by atoms with Crippen molar-refractivity contribution in [1.82, 2.24) is 15.5 Å². The van der Waals surface area contributed by atoms with Crippen LogP contribution in [0, 0.1) is 0 Å². The fraction of sp³-hybridized carbons (Fsp3) is 0.333. The Bertz CT molecular complexity index is 560. The molecule has 1 heterocycles. The lowest BCUT2D eigenvalue weighted by Gasteiger charge is -2.06. The number of aromatic nitrogens is 2. The molecule has 0 saturated carbocycles. The van der Waals surface area contributed by atoms with Gasteiger partial charge in [-0.2, -0.15) is 0 Å². The summed E-state index contributed by atoms with van der Waals surface area (Å²) in [6, 6.07) is 5.83. The van der Waals surface area contributed by atoms with E-state index in [4.69, 9.17) is 16.0 Å². The molecule has 0 aliphatic heterocycles. The third kappa shape index (κ3) is 3.68. The van der Waals surface area contributed by atoms with Gasteiger partial charge in [-0.25, -0.2) is 0 Å². The van der Waals surface area contributed by atoms with E-state index in [1.807, 2.05) is 26.0 Å². The number of hydrogen-bond acceptors (Lipinski definition) is 5. The molecule has 0 aliphatic carbocycles. The first kappa shape index (κ1) is 14.3. The Hall–Kier alpha value is -1.11. The number of hydrogen-bond donors (Lipinski definition) is 2. The molecule has 102 valence electrons. The molecule has 0 radical (unpaired) electrons. The lowest BCUT2D eigenvalue weighted by Crippen LogP contribution is -2.17. The predicted octanol–water partition coefficient (Wildman–Crippen LogP) is 3.90. The maximum Gasteiger partial charge on any atom is 0.320 e. The first-order valence-electron chi connectivity index (χ1n) is 5.89. The molecule has 1 aromatic carbocycles. The molecule has 1 aromatic heterocycles. The Balaban J connectivity index is 2.13. The second-order valence-corrected chi connectivity index (χ2v) is 5.30. The van der Waals surface area contributed by atoms with Crippen LogP contribution in [0.4, 0.5) is 11.7 Å². The molecule has 0 aliphatic rings. The van der Waals surface area contributed by atoms with Gasteiger partial charge < -0.3 is 15.1 Å². The van der Waals surface area contributed by atoms with Gasteiger partial charge in [-0.05, 0) is 31.7 Å². The molecule has 2 rings (SSSR count). The Kier molecular flexibility index (Phi) is 4.79. The lowest BCUT2D eigenvalue weighted by molar-refractivity contribution is 0.430. The third-order valence-corrected chi connectivity index (χ3v) is 3.31. The van der Waals surface area contributed by atoms with E-state index in [9.17, 15) is 0 Å². The minimum absolute atomic E-state index is 0.0195. The molecule has 7 heteroatoms. The second kappa shape index (κ2) is 6.36. The minimum Gasteiger partial charge on any atom is -0.406 e. The zero-order valence-electron chi connectivity index (χ0n) is 10.6. The smallest absolute Gasteiger partial charge is 0.320 e. The van der Waals surface area contributed by atoms with Gasteiger partial charge in [0.05, 0.1) is 16.8 Å². The fourth-order valence-electron chi connectivity index (χ4n) is 1.56. The number of rotatable bonds is 5. The molecule has 1 atom stereocenters. The molecular formula is C12H14BrClN4O. The average Bonchev–Trinajstić information content (AvgIpc) is 2.83. The van der Waals surface area contributed by atoms with E-state index in [0.29, 0.717) is 22.6 Å². The molecule has 19 heavy (non-hydrogen) atoms. The molecular weight excluding hydrogens is 332 g/mol. The molecule has 0 amide bonds. The highest BCUT2D eigenvalue weighted by Crippen LogP contribution is 2.28. The Labute approximate surface area is 124 Å². The zero-order valence-corrected chi connectivity index (χ0v) is 12.9. The fourth-order valence-corrected chi connectivity index (χ4v) is 2.09. The molecule has 5 nitrogen and oxygen atoms in total. The summed E-state index contributed by atoms with van der Waals surface area (Å²) in [7, 11) is 0. The SMILES string of the molecule is CCNC(C)c1nnc(Nc2cc(Br)ccc2Cl)o1. The van der Waals surface area contributed by atoms with E-state index in [1.165, 1.54) is 0 Å². The normalized spacial score (nSPS) is 12.4. The number of nitrogens with zero attached hydrogens (tertiary/aromatic N) is 2. The van der Waals surface area contributed by atoms with E-state index < -0.39 is 0 Å². The summed E-state index contributed by atoms with van der Waals surface area (Å²) in [6.45, 7) is 4.82. The highest BCUT2D eigenvalue weighted by atomic mass is 79.9. The Morgan fingerprint density at radius 2 is 2.21 bits per heavy atom.